The van der Waals surface area contributed by atoms with E-state index >= 15 is 0 Å². The van der Waals surface area contributed by atoms with Gasteiger partial charge in [0.25, 0.3) is 0 Å². The number of ketones is 1. The molecule has 0 atom stereocenters. The van der Waals surface area contributed by atoms with Crippen molar-refractivity contribution in [3.05, 3.63) is 54.1 Å². The van der Waals surface area contributed by atoms with E-state index in [0.29, 0.717) is 5.56 Å². The average molecular weight is 172 g/mol. The predicted molar refractivity (Wildman–Crippen MR) is 55.8 cm³/mol. The van der Waals surface area contributed by atoms with E-state index < -0.39 is 0 Å². The second-order valence-electron chi connectivity index (χ2n) is 2.79. The van der Waals surface area contributed by atoms with Crippen LogP contribution in [0.25, 0.3) is 6.08 Å². The minimum absolute atomic E-state index is 0.0406. The number of hydrogen-bond donors (Lipinski definition) is 0. The highest BCUT2D eigenvalue weighted by Gasteiger charge is 2.06. The van der Waals surface area contributed by atoms with Gasteiger partial charge in [-0.2, -0.15) is 0 Å². The molecule has 1 aromatic carbocycles. The third kappa shape index (κ3) is 1.75. The van der Waals surface area contributed by atoms with Crippen molar-refractivity contribution in [2.75, 3.05) is 0 Å². The van der Waals surface area contributed by atoms with Crippen molar-refractivity contribution in [3.63, 3.8) is 0 Å². The molecule has 0 amide bonds. The molecular formula is C12H12O. The van der Waals surface area contributed by atoms with E-state index in [0.717, 1.165) is 11.1 Å². The molecule has 0 saturated carbocycles. The van der Waals surface area contributed by atoms with E-state index in [4.69, 9.17) is 0 Å². The molecule has 0 saturated heterocycles. The molecule has 66 valence electrons. The van der Waals surface area contributed by atoms with Gasteiger partial charge in [-0.05, 0) is 24.1 Å². The van der Waals surface area contributed by atoms with Gasteiger partial charge in [0.2, 0.25) is 0 Å². The number of carbonyl (C=O) groups excluding carboxylic acids is 1. The molecule has 0 aliphatic carbocycles. The van der Waals surface area contributed by atoms with Crippen LogP contribution in [0.3, 0.4) is 0 Å². The van der Waals surface area contributed by atoms with Gasteiger partial charge in [0.05, 0.1) is 0 Å². The molecule has 0 aromatic heterocycles. The molecule has 0 spiro atoms. The van der Waals surface area contributed by atoms with Crippen molar-refractivity contribution in [3.8, 4) is 0 Å². The Morgan fingerprint density at radius 2 is 2.08 bits per heavy atom. The van der Waals surface area contributed by atoms with Crippen LogP contribution in [0.1, 0.15) is 21.5 Å². The molecule has 13 heavy (non-hydrogen) atoms. The van der Waals surface area contributed by atoms with Crippen LogP contribution in [0, 0.1) is 6.92 Å². The van der Waals surface area contributed by atoms with E-state index in [1.165, 1.54) is 6.08 Å². The maximum absolute atomic E-state index is 11.4. The molecule has 1 heteroatoms. The lowest BCUT2D eigenvalue weighted by atomic mass is 9.99. The van der Waals surface area contributed by atoms with Gasteiger partial charge in [0, 0.05) is 5.56 Å². The summed E-state index contributed by atoms with van der Waals surface area (Å²) >= 11 is 0. The Bertz CT molecular complexity index is 361. The smallest absolute Gasteiger partial charge is 0.185 e. The Morgan fingerprint density at radius 1 is 1.38 bits per heavy atom. The van der Waals surface area contributed by atoms with Crippen LogP contribution in [0.2, 0.25) is 0 Å². The minimum Gasteiger partial charge on any atom is -0.289 e. The summed E-state index contributed by atoms with van der Waals surface area (Å²) in [6, 6.07) is 5.58. The van der Waals surface area contributed by atoms with E-state index in [1.807, 2.05) is 19.1 Å². The highest BCUT2D eigenvalue weighted by atomic mass is 16.1. The molecule has 0 aliphatic rings. The summed E-state index contributed by atoms with van der Waals surface area (Å²) in [4.78, 5) is 11.4. The van der Waals surface area contributed by atoms with Crippen molar-refractivity contribution in [1.82, 2.24) is 0 Å². The molecule has 0 fully saturated rings. The fraction of sp³-hybridized carbons (Fsp3) is 0.0833. The van der Waals surface area contributed by atoms with Crippen molar-refractivity contribution < 1.29 is 4.79 Å². The fourth-order valence-electron chi connectivity index (χ4n) is 1.25. The molecule has 0 bridgehead atoms. The van der Waals surface area contributed by atoms with Crippen molar-refractivity contribution in [1.29, 1.82) is 0 Å². The maximum atomic E-state index is 11.4. The maximum Gasteiger partial charge on any atom is 0.185 e. The molecule has 0 radical (unpaired) electrons. The van der Waals surface area contributed by atoms with Gasteiger partial charge in [0.1, 0.15) is 0 Å². The average Bonchev–Trinajstić information content (AvgIpc) is 2.17. The standard InChI is InChI=1S/C12H12O/c1-4-10-7-6-8-11(9(10)3)12(13)5-2/h4-8H,1-2H2,3H3. The molecule has 0 heterocycles. The van der Waals surface area contributed by atoms with E-state index in [1.54, 1.807) is 12.1 Å². The van der Waals surface area contributed by atoms with Crippen molar-refractivity contribution in [2.24, 2.45) is 0 Å². The first-order chi connectivity index (χ1) is 6.20. The van der Waals surface area contributed by atoms with Gasteiger partial charge < -0.3 is 0 Å². The van der Waals surface area contributed by atoms with E-state index in [2.05, 4.69) is 13.2 Å². The minimum atomic E-state index is -0.0406. The fourth-order valence-corrected chi connectivity index (χ4v) is 1.25. The number of benzene rings is 1. The molecule has 0 N–H and O–H groups in total. The lowest BCUT2D eigenvalue weighted by Gasteiger charge is -2.04. The van der Waals surface area contributed by atoms with Gasteiger partial charge in [-0.3, -0.25) is 4.79 Å². The SMILES string of the molecule is C=CC(=O)c1cccc(C=C)c1C. The van der Waals surface area contributed by atoms with Crippen LogP contribution in [-0.2, 0) is 0 Å². The zero-order valence-corrected chi connectivity index (χ0v) is 7.71. The van der Waals surface area contributed by atoms with Gasteiger partial charge >= 0.3 is 0 Å². The molecular weight excluding hydrogens is 160 g/mol. The Hall–Kier alpha value is -1.63. The van der Waals surface area contributed by atoms with Crippen molar-refractivity contribution >= 4 is 11.9 Å². The number of carbonyl (C=O) groups is 1. The Labute approximate surface area is 78.4 Å². The zero-order chi connectivity index (χ0) is 9.84. The predicted octanol–water partition coefficient (Wildman–Crippen LogP) is 3.01. The lowest BCUT2D eigenvalue weighted by molar-refractivity contribution is 0.104. The van der Waals surface area contributed by atoms with Crippen LogP contribution in [0.15, 0.2) is 37.4 Å². The summed E-state index contributed by atoms with van der Waals surface area (Å²) in [7, 11) is 0. The molecule has 1 rings (SSSR count). The molecule has 1 nitrogen and oxygen atoms in total. The van der Waals surface area contributed by atoms with Crippen LogP contribution >= 0.6 is 0 Å². The summed E-state index contributed by atoms with van der Waals surface area (Å²) in [5.41, 5.74) is 2.66. The highest BCUT2D eigenvalue weighted by Crippen LogP contribution is 2.15. The molecule has 0 aliphatic heterocycles. The Kier molecular flexibility index (Phi) is 2.80. The van der Waals surface area contributed by atoms with Gasteiger partial charge in [-0.1, -0.05) is 37.4 Å². The van der Waals surface area contributed by atoms with Gasteiger partial charge in [0.15, 0.2) is 5.78 Å². The first kappa shape index (κ1) is 9.46. The summed E-state index contributed by atoms with van der Waals surface area (Å²) in [6.45, 7) is 9.05. The normalized spacial score (nSPS) is 9.31. The molecule has 0 unspecified atom stereocenters. The quantitative estimate of drug-likeness (QED) is 0.506. The third-order valence-corrected chi connectivity index (χ3v) is 2.05. The van der Waals surface area contributed by atoms with Crippen LogP contribution in [0.4, 0.5) is 0 Å². The first-order valence-corrected chi connectivity index (χ1v) is 4.09. The van der Waals surface area contributed by atoms with E-state index in [-0.39, 0.29) is 5.78 Å². The zero-order valence-electron chi connectivity index (χ0n) is 7.71. The van der Waals surface area contributed by atoms with Gasteiger partial charge in [-0.25, -0.2) is 0 Å². The molecule has 1 aromatic rings. The number of hydrogen-bond acceptors (Lipinski definition) is 1. The largest absolute Gasteiger partial charge is 0.289 e. The summed E-state index contributed by atoms with van der Waals surface area (Å²) in [6.07, 6.45) is 3.07. The lowest BCUT2D eigenvalue weighted by Crippen LogP contribution is -1.98. The second kappa shape index (κ2) is 3.85. The highest BCUT2D eigenvalue weighted by molar-refractivity contribution is 6.05. The van der Waals surface area contributed by atoms with Crippen LogP contribution in [0.5, 0.6) is 0 Å². The monoisotopic (exact) mass is 172 g/mol. The topological polar surface area (TPSA) is 17.1 Å². The number of allylic oxidation sites excluding steroid dienone is 1. The summed E-state index contributed by atoms with van der Waals surface area (Å²) in [5.74, 6) is -0.0406. The second-order valence-corrected chi connectivity index (χ2v) is 2.79. The summed E-state index contributed by atoms with van der Waals surface area (Å²) in [5, 5.41) is 0. The van der Waals surface area contributed by atoms with Crippen molar-refractivity contribution in [2.45, 2.75) is 6.92 Å². The number of rotatable bonds is 3. The third-order valence-electron chi connectivity index (χ3n) is 2.05. The van der Waals surface area contributed by atoms with E-state index in [9.17, 15) is 4.79 Å². The van der Waals surface area contributed by atoms with Crippen LogP contribution in [-0.4, -0.2) is 5.78 Å². The Balaban J connectivity index is 3.30. The Morgan fingerprint density at radius 3 is 2.62 bits per heavy atom. The van der Waals surface area contributed by atoms with Crippen LogP contribution < -0.4 is 0 Å². The van der Waals surface area contributed by atoms with Gasteiger partial charge in [-0.15, -0.1) is 0 Å². The summed E-state index contributed by atoms with van der Waals surface area (Å²) < 4.78 is 0. The first-order valence-electron chi connectivity index (χ1n) is 4.09.